The summed E-state index contributed by atoms with van der Waals surface area (Å²) in [5.41, 5.74) is 18.1. The largest absolute Gasteiger partial charge is 0.309 e. The molecule has 3 aromatic heterocycles. The standard InChI is InChI=1S/C69H45N5/c1-6-22-46(23-7-1)51-40-52(47-24-8-2-9-25-47)42-53(41-51)68-70-67(50-30-14-5-15-31-50)71-69(72-68)54-43-59(48-26-10-3-11-27-48)66(60(44-54)49-28-12-4-13-29-49)74-64-37-21-18-34-58(64)61-45-55(38-39-65(61)74)73-62-35-19-16-32-56(62)57-33-17-20-36-63(57)73/h1-45H. The Labute approximate surface area is 428 Å². The molecule has 0 bridgehead atoms. The van der Waals surface area contributed by atoms with Crippen LogP contribution in [0, 0.1) is 0 Å². The van der Waals surface area contributed by atoms with Crippen LogP contribution in [-0.2, 0) is 0 Å². The highest BCUT2D eigenvalue weighted by atomic mass is 15.0. The van der Waals surface area contributed by atoms with Crippen LogP contribution in [-0.4, -0.2) is 24.1 Å². The van der Waals surface area contributed by atoms with Gasteiger partial charge in [0.05, 0.1) is 27.8 Å². The van der Waals surface area contributed by atoms with Crippen molar-refractivity contribution in [1.82, 2.24) is 24.1 Å². The van der Waals surface area contributed by atoms with Crippen LogP contribution in [0.3, 0.4) is 0 Å². The number of fused-ring (bicyclic) bond motifs is 6. The molecule has 0 saturated heterocycles. The number of para-hydroxylation sites is 3. The van der Waals surface area contributed by atoms with Gasteiger partial charge in [0.15, 0.2) is 17.5 Å². The predicted molar refractivity (Wildman–Crippen MR) is 307 cm³/mol. The number of aromatic nitrogens is 5. The predicted octanol–water partition coefficient (Wildman–Crippen LogP) is 17.7. The molecule has 0 aliphatic carbocycles. The molecule has 0 atom stereocenters. The smallest absolute Gasteiger partial charge is 0.164 e. The molecule has 5 heteroatoms. The van der Waals surface area contributed by atoms with Crippen molar-refractivity contribution in [2.75, 3.05) is 0 Å². The fourth-order valence-electron chi connectivity index (χ4n) is 10.9. The summed E-state index contributed by atoms with van der Waals surface area (Å²) in [6.07, 6.45) is 0. The van der Waals surface area contributed by atoms with Crippen molar-refractivity contribution in [1.29, 1.82) is 0 Å². The maximum Gasteiger partial charge on any atom is 0.164 e. The zero-order valence-electron chi connectivity index (χ0n) is 40.2. The van der Waals surface area contributed by atoms with Crippen LogP contribution in [0.1, 0.15) is 0 Å². The number of rotatable bonds is 9. The topological polar surface area (TPSA) is 48.5 Å². The average molecular weight is 944 g/mol. The van der Waals surface area contributed by atoms with E-state index in [-0.39, 0.29) is 0 Å². The van der Waals surface area contributed by atoms with Crippen molar-refractivity contribution in [2.45, 2.75) is 0 Å². The van der Waals surface area contributed by atoms with Gasteiger partial charge in [-0.2, -0.15) is 0 Å². The van der Waals surface area contributed by atoms with E-state index in [0.29, 0.717) is 17.5 Å². The minimum Gasteiger partial charge on any atom is -0.309 e. The fourth-order valence-corrected chi connectivity index (χ4v) is 10.9. The normalized spacial score (nSPS) is 11.5. The highest BCUT2D eigenvalue weighted by Gasteiger charge is 2.24. The molecule has 0 aliphatic rings. The van der Waals surface area contributed by atoms with Gasteiger partial charge < -0.3 is 9.13 Å². The minimum atomic E-state index is 0.583. The molecule has 0 radical (unpaired) electrons. The van der Waals surface area contributed by atoms with E-state index in [4.69, 9.17) is 15.0 Å². The summed E-state index contributed by atoms with van der Waals surface area (Å²) in [5.74, 6) is 1.78. The lowest BCUT2D eigenvalue weighted by Crippen LogP contribution is -2.04. The van der Waals surface area contributed by atoms with Gasteiger partial charge in [0.25, 0.3) is 0 Å². The first-order valence-corrected chi connectivity index (χ1v) is 25.1. The fraction of sp³-hybridized carbons (Fsp3) is 0. The lowest BCUT2D eigenvalue weighted by atomic mass is 9.92. The zero-order valence-corrected chi connectivity index (χ0v) is 40.2. The lowest BCUT2D eigenvalue weighted by molar-refractivity contribution is 1.07. The van der Waals surface area contributed by atoms with Crippen LogP contribution in [0.25, 0.3) is 134 Å². The van der Waals surface area contributed by atoms with E-state index in [9.17, 15) is 0 Å². The zero-order chi connectivity index (χ0) is 49.0. The number of hydrogen-bond donors (Lipinski definition) is 0. The van der Waals surface area contributed by atoms with Crippen molar-refractivity contribution in [2.24, 2.45) is 0 Å². The molecule has 14 rings (SSSR count). The van der Waals surface area contributed by atoms with Crippen molar-refractivity contribution < 1.29 is 0 Å². The molecule has 11 aromatic carbocycles. The summed E-state index contributed by atoms with van der Waals surface area (Å²) >= 11 is 0. The quantitative estimate of drug-likeness (QED) is 0.145. The van der Waals surface area contributed by atoms with Crippen LogP contribution in [0.4, 0.5) is 0 Å². The third-order valence-corrected chi connectivity index (χ3v) is 14.3. The van der Waals surface area contributed by atoms with E-state index < -0.39 is 0 Å². The molecule has 0 N–H and O–H groups in total. The highest BCUT2D eigenvalue weighted by molar-refractivity contribution is 6.13. The first kappa shape index (κ1) is 42.9. The van der Waals surface area contributed by atoms with E-state index in [0.717, 1.165) is 83.6 Å². The molecule has 3 heterocycles. The molecule has 74 heavy (non-hydrogen) atoms. The first-order chi connectivity index (χ1) is 36.7. The van der Waals surface area contributed by atoms with Crippen LogP contribution < -0.4 is 0 Å². The second kappa shape index (κ2) is 18.0. The lowest BCUT2D eigenvalue weighted by Gasteiger charge is -2.21. The highest BCUT2D eigenvalue weighted by Crippen LogP contribution is 2.45. The average Bonchev–Trinajstić information content (AvgIpc) is 4.00. The third-order valence-electron chi connectivity index (χ3n) is 14.3. The van der Waals surface area contributed by atoms with Crippen LogP contribution >= 0.6 is 0 Å². The van der Waals surface area contributed by atoms with E-state index >= 15 is 0 Å². The van der Waals surface area contributed by atoms with Gasteiger partial charge in [0, 0.05) is 55.0 Å². The molecule has 14 aromatic rings. The van der Waals surface area contributed by atoms with Gasteiger partial charge in [-0.25, -0.2) is 15.0 Å². The molecule has 0 spiro atoms. The Kier molecular flexibility index (Phi) is 10.4. The molecule has 0 aliphatic heterocycles. The molecule has 346 valence electrons. The Balaban J connectivity index is 1.03. The molecular weight excluding hydrogens is 899 g/mol. The van der Waals surface area contributed by atoms with E-state index in [1.807, 2.05) is 18.2 Å². The second-order valence-electron chi connectivity index (χ2n) is 18.8. The van der Waals surface area contributed by atoms with Crippen molar-refractivity contribution in [3.8, 4) is 90.0 Å². The molecule has 0 amide bonds. The SMILES string of the molecule is c1ccc(-c2cc(-c3ccccc3)cc(-c3nc(-c4ccccc4)nc(-c4cc(-c5ccccc5)c(-n5c6ccccc6c6cc(-n7c8ccccc8c8ccccc87)ccc65)c(-c5ccccc5)c4)n3)c2)cc1. The van der Waals surface area contributed by atoms with Gasteiger partial charge in [-0.1, -0.05) is 206 Å². The summed E-state index contributed by atoms with van der Waals surface area (Å²) in [4.78, 5) is 16.1. The van der Waals surface area contributed by atoms with Crippen molar-refractivity contribution in [3.05, 3.63) is 273 Å². The van der Waals surface area contributed by atoms with Gasteiger partial charge in [0.1, 0.15) is 0 Å². The van der Waals surface area contributed by atoms with E-state index in [1.54, 1.807) is 0 Å². The van der Waals surface area contributed by atoms with Crippen LogP contribution in [0.5, 0.6) is 0 Å². The summed E-state index contributed by atoms with van der Waals surface area (Å²) in [6.45, 7) is 0. The van der Waals surface area contributed by atoms with Crippen molar-refractivity contribution >= 4 is 43.6 Å². The van der Waals surface area contributed by atoms with E-state index in [1.165, 1.54) is 32.6 Å². The number of nitrogens with zero attached hydrogens (tertiary/aromatic N) is 5. The summed E-state index contributed by atoms with van der Waals surface area (Å²) in [5, 5.41) is 4.83. The van der Waals surface area contributed by atoms with Gasteiger partial charge >= 0.3 is 0 Å². The molecule has 0 fully saturated rings. The first-order valence-electron chi connectivity index (χ1n) is 25.1. The van der Waals surface area contributed by atoms with Gasteiger partial charge in [-0.05, 0) is 100 Å². The monoisotopic (exact) mass is 943 g/mol. The summed E-state index contributed by atoms with van der Waals surface area (Å²) in [7, 11) is 0. The Hall–Kier alpha value is -9.97. The Morgan fingerprint density at radius 1 is 0.216 bits per heavy atom. The van der Waals surface area contributed by atoms with Crippen molar-refractivity contribution in [3.63, 3.8) is 0 Å². The van der Waals surface area contributed by atoms with Crippen LogP contribution in [0.15, 0.2) is 273 Å². The van der Waals surface area contributed by atoms with Gasteiger partial charge in [0.2, 0.25) is 0 Å². The molecule has 0 unspecified atom stereocenters. The van der Waals surface area contributed by atoms with E-state index in [2.05, 4.69) is 264 Å². The van der Waals surface area contributed by atoms with Gasteiger partial charge in [-0.3, -0.25) is 0 Å². The number of hydrogen-bond acceptors (Lipinski definition) is 3. The Morgan fingerprint density at radius 2 is 0.554 bits per heavy atom. The number of benzene rings is 11. The van der Waals surface area contributed by atoms with Gasteiger partial charge in [-0.15, -0.1) is 0 Å². The molecule has 0 saturated carbocycles. The summed E-state index contributed by atoms with van der Waals surface area (Å²) in [6, 6.07) is 97.2. The Morgan fingerprint density at radius 3 is 1.03 bits per heavy atom. The second-order valence-corrected chi connectivity index (χ2v) is 18.8. The molecular formula is C69H45N5. The molecule has 5 nitrogen and oxygen atoms in total. The van der Waals surface area contributed by atoms with Crippen LogP contribution in [0.2, 0.25) is 0 Å². The third kappa shape index (κ3) is 7.46. The maximum atomic E-state index is 5.48. The summed E-state index contributed by atoms with van der Waals surface area (Å²) < 4.78 is 4.88. The Bertz CT molecular complexity index is 4220. The maximum absolute atomic E-state index is 5.48. The minimum absolute atomic E-state index is 0.583.